The Morgan fingerprint density at radius 2 is 1.27 bits per heavy atom. The van der Waals surface area contributed by atoms with Crippen molar-refractivity contribution in [3.8, 4) is 11.5 Å². The lowest BCUT2D eigenvalue weighted by Crippen LogP contribution is -2.25. The first kappa shape index (κ1) is 27.9. The van der Waals surface area contributed by atoms with E-state index in [1.165, 1.54) is 5.56 Å². The van der Waals surface area contributed by atoms with Gasteiger partial charge in [0.25, 0.3) is 0 Å². The molecule has 4 heteroatoms. The largest absolute Gasteiger partial charge is 0.484 e. The summed E-state index contributed by atoms with van der Waals surface area (Å²) in [4.78, 5) is 25.2. The summed E-state index contributed by atoms with van der Waals surface area (Å²) in [5.74, 6) is 1.09. The molecule has 0 aliphatic carbocycles. The fourth-order valence-electron chi connectivity index (χ4n) is 3.98. The van der Waals surface area contributed by atoms with Crippen LogP contribution in [0.2, 0.25) is 0 Å². The molecule has 0 aliphatic rings. The highest BCUT2D eigenvalue weighted by atomic mass is 16.5. The zero-order valence-electron chi connectivity index (χ0n) is 23.3. The van der Waals surface area contributed by atoms with E-state index in [-0.39, 0.29) is 11.7 Å². The van der Waals surface area contributed by atoms with E-state index in [4.69, 9.17) is 9.47 Å². The first-order valence-electron chi connectivity index (χ1n) is 12.6. The molecule has 0 aliphatic heterocycles. The summed E-state index contributed by atoms with van der Waals surface area (Å²) in [6.45, 7) is 19.6. The first-order chi connectivity index (χ1) is 17.2. The van der Waals surface area contributed by atoms with Gasteiger partial charge in [-0.1, -0.05) is 70.7 Å². The minimum atomic E-state index is -0.477. The SMILES string of the molecule is C=CC(C)(C)Oc1ccc(C(C)c2ccc(OC(=O)c3ccc(C(=O)C(C)(C)C)cc3)c(C)c2)cc1C. The molecule has 3 rings (SSSR count). The highest BCUT2D eigenvalue weighted by molar-refractivity contribution is 6.00. The second-order valence-electron chi connectivity index (χ2n) is 11.2. The molecule has 0 amide bonds. The molecule has 3 aromatic carbocycles. The van der Waals surface area contributed by atoms with Crippen LogP contribution in [0.3, 0.4) is 0 Å². The Bertz CT molecular complexity index is 1310. The van der Waals surface area contributed by atoms with Gasteiger partial charge in [0.15, 0.2) is 5.78 Å². The van der Waals surface area contributed by atoms with Crippen LogP contribution < -0.4 is 9.47 Å². The van der Waals surface area contributed by atoms with Gasteiger partial charge >= 0.3 is 5.97 Å². The van der Waals surface area contributed by atoms with Crippen molar-refractivity contribution in [1.29, 1.82) is 0 Å². The Kier molecular flexibility index (Phi) is 8.12. The van der Waals surface area contributed by atoms with Crippen LogP contribution in [0.25, 0.3) is 0 Å². The quantitative estimate of drug-likeness (QED) is 0.136. The van der Waals surface area contributed by atoms with Crippen molar-refractivity contribution < 1.29 is 19.1 Å². The fraction of sp³-hybridized carbons (Fsp3) is 0.333. The lowest BCUT2D eigenvalue weighted by molar-refractivity contribution is 0.0732. The van der Waals surface area contributed by atoms with Crippen molar-refractivity contribution in [2.75, 3.05) is 0 Å². The Labute approximate surface area is 221 Å². The number of esters is 1. The van der Waals surface area contributed by atoms with Gasteiger partial charge in [0, 0.05) is 16.9 Å². The summed E-state index contributed by atoms with van der Waals surface area (Å²) in [7, 11) is 0. The van der Waals surface area contributed by atoms with E-state index in [1.54, 1.807) is 30.3 Å². The van der Waals surface area contributed by atoms with Crippen molar-refractivity contribution in [2.24, 2.45) is 5.41 Å². The zero-order chi connectivity index (χ0) is 27.5. The third-order valence-electron chi connectivity index (χ3n) is 6.53. The van der Waals surface area contributed by atoms with Crippen molar-refractivity contribution in [2.45, 2.75) is 66.9 Å². The molecule has 0 bridgehead atoms. The number of ketones is 1. The minimum absolute atomic E-state index is 0.0333. The molecule has 1 atom stereocenters. The van der Waals surface area contributed by atoms with E-state index in [1.807, 2.05) is 66.7 Å². The van der Waals surface area contributed by atoms with Crippen LogP contribution in [0.5, 0.6) is 11.5 Å². The number of rotatable bonds is 8. The van der Waals surface area contributed by atoms with Crippen LogP contribution in [0, 0.1) is 19.3 Å². The van der Waals surface area contributed by atoms with Crippen LogP contribution in [0.1, 0.15) is 90.4 Å². The van der Waals surface area contributed by atoms with Crippen molar-refractivity contribution in [1.82, 2.24) is 0 Å². The standard InChI is InChI=1S/C33H38O4/c1-10-33(8,9)37-29-18-16-27(20-22(29)3)23(4)26-15-17-28(21(2)19-26)36-31(35)25-13-11-24(12-14-25)30(34)32(5,6)7/h10-20,23H,1H2,2-9H3. The third-order valence-corrected chi connectivity index (χ3v) is 6.53. The molecule has 0 saturated carbocycles. The third kappa shape index (κ3) is 6.76. The van der Waals surface area contributed by atoms with Crippen LogP contribution in [0.4, 0.5) is 0 Å². The van der Waals surface area contributed by atoms with Crippen LogP contribution in [-0.2, 0) is 0 Å². The van der Waals surface area contributed by atoms with Gasteiger partial charge in [-0.2, -0.15) is 0 Å². The van der Waals surface area contributed by atoms with Gasteiger partial charge in [0.05, 0.1) is 5.56 Å². The molecule has 0 saturated heterocycles. The molecule has 0 N–H and O–H groups in total. The Hall–Kier alpha value is -3.66. The van der Waals surface area contributed by atoms with E-state index in [2.05, 4.69) is 31.7 Å². The van der Waals surface area contributed by atoms with E-state index in [0.29, 0.717) is 16.9 Å². The molecule has 37 heavy (non-hydrogen) atoms. The van der Waals surface area contributed by atoms with Gasteiger partial charge in [0.1, 0.15) is 17.1 Å². The van der Waals surface area contributed by atoms with Crippen LogP contribution in [0.15, 0.2) is 73.3 Å². The summed E-state index contributed by atoms with van der Waals surface area (Å²) in [6, 6.07) is 18.8. The lowest BCUT2D eigenvalue weighted by atomic mass is 9.86. The summed E-state index contributed by atoms with van der Waals surface area (Å²) in [6.07, 6.45) is 1.79. The first-order valence-corrected chi connectivity index (χ1v) is 12.6. The molecule has 0 radical (unpaired) electrons. The van der Waals surface area contributed by atoms with Gasteiger partial charge in [-0.15, -0.1) is 0 Å². The predicted molar refractivity (Wildman–Crippen MR) is 150 cm³/mol. The van der Waals surface area contributed by atoms with Gasteiger partial charge in [-0.05, 0) is 80.3 Å². The number of carbonyl (C=O) groups is 2. The molecule has 0 spiro atoms. The second-order valence-corrected chi connectivity index (χ2v) is 11.2. The van der Waals surface area contributed by atoms with Crippen LogP contribution >= 0.6 is 0 Å². The number of benzene rings is 3. The number of Topliss-reactive ketones (excluding diaryl/α,β-unsaturated/α-hetero) is 1. The Morgan fingerprint density at radius 1 is 0.784 bits per heavy atom. The molecule has 4 nitrogen and oxygen atoms in total. The topological polar surface area (TPSA) is 52.6 Å². The lowest BCUT2D eigenvalue weighted by Gasteiger charge is -2.24. The summed E-state index contributed by atoms with van der Waals surface area (Å²) in [5.41, 5.74) is 4.32. The molecule has 0 fully saturated rings. The van der Waals surface area contributed by atoms with Gasteiger partial charge in [0.2, 0.25) is 0 Å². The summed E-state index contributed by atoms with van der Waals surface area (Å²) < 4.78 is 11.8. The summed E-state index contributed by atoms with van der Waals surface area (Å²) >= 11 is 0. The van der Waals surface area contributed by atoms with E-state index in [0.717, 1.165) is 22.4 Å². The van der Waals surface area contributed by atoms with Gasteiger partial charge < -0.3 is 9.47 Å². The second kappa shape index (κ2) is 10.8. The number of aryl methyl sites for hydroxylation is 2. The maximum atomic E-state index is 12.7. The fourth-order valence-corrected chi connectivity index (χ4v) is 3.98. The number of carbonyl (C=O) groups excluding carboxylic acids is 2. The number of hydrogen-bond donors (Lipinski definition) is 0. The maximum Gasteiger partial charge on any atom is 0.343 e. The zero-order valence-corrected chi connectivity index (χ0v) is 23.3. The molecule has 0 aromatic heterocycles. The molecule has 1 unspecified atom stereocenters. The molecular formula is C33H38O4. The van der Waals surface area contributed by atoms with Gasteiger partial charge in [-0.25, -0.2) is 4.79 Å². The van der Waals surface area contributed by atoms with Crippen molar-refractivity contribution >= 4 is 11.8 Å². The average molecular weight is 499 g/mol. The van der Waals surface area contributed by atoms with Crippen LogP contribution in [-0.4, -0.2) is 17.4 Å². The van der Waals surface area contributed by atoms with E-state index >= 15 is 0 Å². The maximum absolute atomic E-state index is 12.7. The highest BCUT2D eigenvalue weighted by Gasteiger charge is 2.23. The molecule has 194 valence electrons. The highest BCUT2D eigenvalue weighted by Crippen LogP contribution is 2.32. The minimum Gasteiger partial charge on any atom is -0.484 e. The van der Waals surface area contributed by atoms with E-state index < -0.39 is 17.0 Å². The Balaban J connectivity index is 1.73. The molecular weight excluding hydrogens is 460 g/mol. The summed E-state index contributed by atoms with van der Waals surface area (Å²) in [5, 5.41) is 0. The monoisotopic (exact) mass is 498 g/mol. The van der Waals surface area contributed by atoms with Crippen molar-refractivity contribution in [3.63, 3.8) is 0 Å². The molecule has 0 heterocycles. The smallest absolute Gasteiger partial charge is 0.343 e. The average Bonchev–Trinajstić information content (AvgIpc) is 2.85. The number of ether oxygens (including phenoxy) is 2. The van der Waals surface area contributed by atoms with Crippen molar-refractivity contribution in [3.05, 3.63) is 107 Å². The predicted octanol–water partition coefficient (Wildman–Crippen LogP) is 8.25. The van der Waals surface area contributed by atoms with Gasteiger partial charge in [-0.3, -0.25) is 4.79 Å². The molecule has 3 aromatic rings. The van der Waals surface area contributed by atoms with E-state index in [9.17, 15) is 9.59 Å². The number of hydrogen-bond acceptors (Lipinski definition) is 4. The normalized spacial score (nSPS) is 12.5. The Morgan fingerprint density at radius 3 is 1.73 bits per heavy atom.